The van der Waals surface area contributed by atoms with E-state index in [4.69, 9.17) is 0 Å². The van der Waals surface area contributed by atoms with E-state index in [9.17, 15) is 4.79 Å². The van der Waals surface area contributed by atoms with Crippen molar-refractivity contribution in [2.75, 3.05) is 0 Å². The molecule has 1 amide bonds. The summed E-state index contributed by atoms with van der Waals surface area (Å²) in [6.07, 6.45) is 1.65. The molecule has 1 heterocycles. The van der Waals surface area contributed by atoms with E-state index < -0.39 is 5.41 Å². The zero-order valence-corrected chi connectivity index (χ0v) is 11.4. The standard InChI is InChI=1S/C14H18N4O/c1-14(2,3)13(19)15-9-12-17-16-10-18(12)11-7-5-4-6-8-11/h4-8,10H,9H2,1-3H3,(H,15,19). The minimum atomic E-state index is -0.405. The Bertz CT molecular complexity index is 554. The number of para-hydroxylation sites is 1. The first kappa shape index (κ1) is 13.3. The van der Waals surface area contributed by atoms with Gasteiger partial charge in [-0.1, -0.05) is 39.0 Å². The van der Waals surface area contributed by atoms with Crippen LogP contribution in [-0.4, -0.2) is 20.7 Å². The molecule has 0 radical (unpaired) electrons. The Morgan fingerprint density at radius 1 is 1.26 bits per heavy atom. The SMILES string of the molecule is CC(C)(C)C(=O)NCc1nncn1-c1ccccc1. The van der Waals surface area contributed by atoms with Crippen molar-refractivity contribution >= 4 is 5.91 Å². The summed E-state index contributed by atoms with van der Waals surface area (Å²) >= 11 is 0. The molecule has 1 N–H and O–H groups in total. The van der Waals surface area contributed by atoms with Crippen molar-refractivity contribution in [1.82, 2.24) is 20.1 Å². The largest absolute Gasteiger partial charge is 0.348 e. The summed E-state index contributed by atoms with van der Waals surface area (Å²) < 4.78 is 1.86. The van der Waals surface area contributed by atoms with Crippen molar-refractivity contribution in [3.8, 4) is 5.69 Å². The third-order valence-corrected chi connectivity index (χ3v) is 2.74. The van der Waals surface area contributed by atoms with E-state index in [2.05, 4.69) is 15.5 Å². The third kappa shape index (κ3) is 3.19. The van der Waals surface area contributed by atoms with Crippen LogP contribution in [0.2, 0.25) is 0 Å². The molecule has 0 atom stereocenters. The van der Waals surface area contributed by atoms with E-state index in [0.717, 1.165) is 5.69 Å². The average Bonchev–Trinajstić information content (AvgIpc) is 2.84. The van der Waals surface area contributed by atoms with Gasteiger partial charge in [-0.3, -0.25) is 9.36 Å². The molecule has 19 heavy (non-hydrogen) atoms. The Morgan fingerprint density at radius 3 is 2.58 bits per heavy atom. The first-order valence-electron chi connectivity index (χ1n) is 6.21. The number of hydrogen-bond donors (Lipinski definition) is 1. The highest BCUT2D eigenvalue weighted by atomic mass is 16.2. The molecule has 0 aliphatic heterocycles. The van der Waals surface area contributed by atoms with Crippen LogP contribution in [0.15, 0.2) is 36.7 Å². The van der Waals surface area contributed by atoms with Crippen LogP contribution in [0.3, 0.4) is 0 Å². The van der Waals surface area contributed by atoms with Crippen LogP contribution in [0.1, 0.15) is 26.6 Å². The number of benzene rings is 1. The van der Waals surface area contributed by atoms with Gasteiger partial charge >= 0.3 is 0 Å². The highest BCUT2D eigenvalue weighted by Crippen LogP contribution is 2.13. The predicted molar refractivity (Wildman–Crippen MR) is 72.7 cm³/mol. The Balaban J connectivity index is 2.11. The van der Waals surface area contributed by atoms with Crippen molar-refractivity contribution in [1.29, 1.82) is 0 Å². The Kier molecular flexibility index (Phi) is 3.64. The molecule has 1 aromatic carbocycles. The summed E-state index contributed by atoms with van der Waals surface area (Å²) in [6.45, 7) is 6.00. The van der Waals surface area contributed by atoms with Gasteiger partial charge < -0.3 is 5.32 Å². The molecule has 0 aliphatic carbocycles. The van der Waals surface area contributed by atoms with Gasteiger partial charge in [-0.2, -0.15) is 0 Å². The lowest BCUT2D eigenvalue weighted by molar-refractivity contribution is -0.128. The molecule has 0 saturated heterocycles. The quantitative estimate of drug-likeness (QED) is 0.915. The van der Waals surface area contributed by atoms with Gasteiger partial charge in [0, 0.05) is 11.1 Å². The molecule has 0 unspecified atom stereocenters. The number of carbonyl (C=O) groups is 1. The summed E-state index contributed by atoms with van der Waals surface area (Å²) in [5.41, 5.74) is 0.574. The normalized spacial score (nSPS) is 11.3. The van der Waals surface area contributed by atoms with Crippen molar-refractivity contribution in [2.45, 2.75) is 27.3 Å². The van der Waals surface area contributed by atoms with Gasteiger partial charge in [0.05, 0.1) is 6.54 Å². The first-order valence-corrected chi connectivity index (χ1v) is 6.21. The maximum absolute atomic E-state index is 11.8. The lowest BCUT2D eigenvalue weighted by Gasteiger charge is -2.17. The number of aromatic nitrogens is 3. The second-order valence-electron chi connectivity index (χ2n) is 5.39. The lowest BCUT2D eigenvalue weighted by Crippen LogP contribution is -2.34. The molecule has 2 aromatic rings. The number of nitrogens with one attached hydrogen (secondary N) is 1. The van der Waals surface area contributed by atoms with Crippen molar-refractivity contribution in [2.24, 2.45) is 5.41 Å². The van der Waals surface area contributed by atoms with Gasteiger partial charge in [0.2, 0.25) is 5.91 Å². The molecule has 100 valence electrons. The summed E-state index contributed by atoms with van der Waals surface area (Å²) in [6, 6.07) is 9.80. The zero-order valence-electron chi connectivity index (χ0n) is 11.4. The summed E-state index contributed by atoms with van der Waals surface area (Å²) in [7, 11) is 0. The van der Waals surface area contributed by atoms with E-state index in [1.807, 2.05) is 55.7 Å². The van der Waals surface area contributed by atoms with Gasteiger partial charge in [0.1, 0.15) is 6.33 Å². The highest BCUT2D eigenvalue weighted by molar-refractivity contribution is 5.81. The number of nitrogens with zero attached hydrogens (tertiary/aromatic N) is 3. The maximum atomic E-state index is 11.8. The summed E-state index contributed by atoms with van der Waals surface area (Å²) in [4.78, 5) is 11.8. The average molecular weight is 258 g/mol. The van der Waals surface area contributed by atoms with E-state index in [0.29, 0.717) is 12.4 Å². The Labute approximate surface area is 112 Å². The minimum Gasteiger partial charge on any atom is -0.348 e. The molecule has 1 aromatic heterocycles. The third-order valence-electron chi connectivity index (χ3n) is 2.74. The molecule has 5 heteroatoms. The first-order chi connectivity index (χ1) is 8.98. The molecule has 5 nitrogen and oxygen atoms in total. The number of carbonyl (C=O) groups excluding carboxylic acids is 1. The maximum Gasteiger partial charge on any atom is 0.225 e. The van der Waals surface area contributed by atoms with Gasteiger partial charge in [0.15, 0.2) is 5.82 Å². The Morgan fingerprint density at radius 2 is 1.95 bits per heavy atom. The molecular formula is C14H18N4O. The predicted octanol–water partition coefficient (Wildman–Crippen LogP) is 1.93. The van der Waals surface area contributed by atoms with Crippen molar-refractivity contribution < 1.29 is 4.79 Å². The molecule has 0 spiro atoms. The smallest absolute Gasteiger partial charge is 0.225 e. The van der Waals surface area contributed by atoms with Crippen LogP contribution in [0.25, 0.3) is 5.69 Å². The van der Waals surface area contributed by atoms with Gasteiger partial charge in [0.25, 0.3) is 0 Å². The zero-order chi connectivity index (χ0) is 13.9. The van der Waals surface area contributed by atoms with E-state index in [1.165, 1.54) is 0 Å². The fourth-order valence-corrected chi connectivity index (χ4v) is 1.61. The van der Waals surface area contributed by atoms with Crippen molar-refractivity contribution in [3.63, 3.8) is 0 Å². The minimum absolute atomic E-state index is 0.00453. The number of hydrogen-bond acceptors (Lipinski definition) is 3. The number of amides is 1. The van der Waals surface area contributed by atoms with E-state index in [1.54, 1.807) is 6.33 Å². The molecule has 2 rings (SSSR count). The monoisotopic (exact) mass is 258 g/mol. The van der Waals surface area contributed by atoms with Crippen molar-refractivity contribution in [3.05, 3.63) is 42.5 Å². The molecular weight excluding hydrogens is 240 g/mol. The lowest BCUT2D eigenvalue weighted by atomic mass is 9.96. The van der Waals surface area contributed by atoms with Crippen LogP contribution >= 0.6 is 0 Å². The number of rotatable bonds is 3. The second kappa shape index (κ2) is 5.22. The van der Waals surface area contributed by atoms with E-state index >= 15 is 0 Å². The fraction of sp³-hybridized carbons (Fsp3) is 0.357. The molecule has 0 bridgehead atoms. The van der Waals surface area contributed by atoms with Gasteiger partial charge in [-0.05, 0) is 12.1 Å². The Hall–Kier alpha value is -2.17. The molecule has 0 aliphatic rings. The van der Waals surface area contributed by atoms with Crippen LogP contribution in [-0.2, 0) is 11.3 Å². The van der Waals surface area contributed by atoms with Crippen LogP contribution in [0, 0.1) is 5.41 Å². The summed E-state index contributed by atoms with van der Waals surface area (Å²) in [5, 5.41) is 10.8. The van der Waals surface area contributed by atoms with E-state index in [-0.39, 0.29) is 5.91 Å². The van der Waals surface area contributed by atoms with Crippen LogP contribution in [0.4, 0.5) is 0 Å². The van der Waals surface area contributed by atoms with Crippen LogP contribution < -0.4 is 5.32 Å². The second-order valence-corrected chi connectivity index (χ2v) is 5.39. The highest BCUT2D eigenvalue weighted by Gasteiger charge is 2.21. The van der Waals surface area contributed by atoms with Gasteiger partial charge in [-0.15, -0.1) is 10.2 Å². The fourth-order valence-electron chi connectivity index (χ4n) is 1.61. The van der Waals surface area contributed by atoms with Crippen LogP contribution in [0.5, 0.6) is 0 Å². The van der Waals surface area contributed by atoms with Gasteiger partial charge in [-0.25, -0.2) is 0 Å². The molecule has 0 fully saturated rings. The summed E-state index contributed by atoms with van der Waals surface area (Å²) in [5.74, 6) is 0.707. The topological polar surface area (TPSA) is 59.8 Å². The molecule has 0 saturated carbocycles.